The van der Waals surface area contributed by atoms with Crippen LogP contribution in [0.3, 0.4) is 0 Å². The van der Waals surface area contributed by atoms with E-state index in [4.69, 9.17) is 5.11 Å². The molecule has 2 aromatic carbocycles. The highest BCUT2D eigenvalue weighted by molar-refractivity contribution is 5.88. The lowest BCUT2D eigenvalue weighted by atomic mass is 10.0. The first-order valence-corrected chi connectivity index (χ1v) is 13.5. The van der Waals surface area contributed by atoms with Crippen LogP contribution in [0.4, 0.5) is 13.2 Å². The Balaban J connectivity index is 1.36. The number of carbonyl (C=O) groups is 2. The quantitative estimate of drug-likeness (QED) is 0.278. The number of nitrogens with zero attached hydrogens (tertiary/aromatic N) is 6. The maximum atomic E-state index is 13.9. The second-order valence-corrected chi connectivity index (χ2v) is 10.6. The summed E-state index contributed by atoms with van der Waals surface area (Å²) < 4.78 is 45.2. The Morgan fingerprint density at radius 2 is 1.61 bits per heavy atom. The van der Waals surface area contributed by atoms with Crippen molar-refractivity contribution in [2.75, 3.05) is 13.1 Å². The first kappa shape index (κ1) is 28.9. The molecule has 1 aliphatic heterocycles. The van der Waals surface area contributed by atoms with Crippen molar-refractivity contribution in [1.82, 2.24) is 28.6 Å². The predicted molar refractivity (Wildman–Crippen MR) is 152 cm³/mol. The number of aromatic nitrogens is 5. The molecule has 0 bridgehead atoms. The lowest BCUT2D eigenvalue weighted by molar-refractivity contribution is -0.137. The lowest BCUT2D eigenvalue weighted by Crippen LogP contribution is -2.29. The van der Waals surface area contributed by atoms with E-state index in [0.29, 0.717) is 37.6 Å². The Morgan fingerprint density at radius 3 is 2.20 bits per heavy atom. The van der Waals surface area contributed by atoms with Crippen molar-refractivity contribution in [3.63, 3.8) is 0 Å². The van der Waals surface area contributed by atoms with E-state index in [9.17, 15) is 32.7 Å². The minimum atomic E-state index is -4.67. The molecule has 44 heavy (non-hydrogen) atoms. The van der Waals surface area contributed by atoms with E-state index < -0.39 is 35.4 Å². The summed E-state index contributed by atoms with van der Waals surface area (Å²) in [7, 11) is 1.61. The third kappa shape index (κ3) is 5.13. The number of pyridine rings is 1. The first-order valence-electron chi connectivity index (χ1n) is 13.5. The van der Waals surface area contributed by atoms with Gasteiger partial charge in [0.1, 0.15) is 11.5 Å². The van der Waals surface area contributed by atoms with Gasteiger partial charge in [0.05, 0.1) is 41.1 Å². The number of hydrogen-bond acceptors (Lipinski definition) is 6. The molecular formula is C30H25F3N6O5. The molecule has 0 amide bonds. The lowest BCUT2D eigenvalue weighted by Gasteiger charge is -2.16. The van der Waals surface area contributed by atoms with Crippen LogP contribution in [0, 0.1) is 0 Å². The zero-order valence-corrected chi connectivity index (χ0v) is 23.2. The summed E-state index contributed by atoms with van der Waals surface area (Å²) in [6.45, 7) is 1.26. The Bertz CT molecular complexity index is 1960. The van der Waals surface area contributed by atoms with Crippen molar-refractivity contribution in [3.05, 3.63) is 100 Å². The number of alkyl halides is 3. The van der Waals surface area contributed by atoms with Crippen molar-refractivity contribution in [3.8, 4) is 16.8 Å². The van der Waals surface area contributed by atoms with Crippen molar-refractivity contribution in [2.45, 2.75) is 25.2 Å². The van der Waals surface area contributed by atoms with Gasteiger partial charge in [-0.15, -0.1) is 0 Å². The smallest absolute Gasteiger partial charge is 0.417 e. The summed E-state index contributed by atoms with van der Waals surface area (Å²) in [5.41, 5.74) is 0.580. The fourth-order valence-electron chi connectivity index (χ4n) is 5.60. The van der Waals surface area contributed by atoms with Crippen molar-refractivity contribution >= 4 is 23.1 Å². The average Bonchev–Trinajstić information content (AvgIpc) is 3.67. The highest BCUT2D eigenvalue weighted by Crippen LogP contribution is 2.33. The van der Waals surface area contributed by atoms with Gasteiger partial charge in [0.15, 0.2) is 5.65 Å². The largest absolute Gasteiger partial charge is 0.478 e. The second-order valence-electron chi connectivity index (χ2n) is 10.6. The van der Waals surface area contributed by atoms with Crippen LogP contribution in [0.1, 0.15) is 44.7 Å². The van der Waals surface area contributed by atoms with E-state index in [1.807, 2.05) is 4.90 Å². The minimum Gasteiger partial charge on any atom is -0.478 e. The molecule has 0 aliphatic carbocycles. The number of aromatic carboxylic acids is 2. The number of imidazole rings is 2. The van der Waals surface area contributed by atoms with E-state index in [2.05, 4.69) is 9.97 Å². The van der Waals surface area contributed by atoms with E-state index in [0.717, 1.165) is 23.4 Å². The molecule has 1 saturated heterocycles. The molecule has 0 saturated carbocycles. The molecule has 1 aliphatic rings. The summed E-state index contributed by atoms with van der Waals surface area (Å²) in [6.07, 6.45) is -2.15. The van der Waals surface area contributed by atoms with E-state index in [1.165, 1.54) is 32.0 Å². The van der Waals surface area contributed by atoms with E-state index >= 15 is 0 Å². The molecule has 0 spiro atoms. The number of carboxylic acid groups (broad SMARTS) is 2. The SMILES string of the molecule is Cn1c(C(=O)O)cnc1CN1CC[C@H](n2c(=O)n(-c3ccc(-c4ccc(C(=O)O)cc4)cc3)c3cc(C(F)(F)F)cnc32)C1. The summed E-state index contributed by atoms with van der Waals surface area (Å²) in [5.74, 6) is -1.62. The molecule has 2 N–H and O–H groups in total. The topological polar surface area (TPSA) is 135 Å². The maximum Gasteiger partial charge on any atom is 0.417 e. The Morgan fingerprint density at radius 1 is 0.955 bits per heavy atom. The zero-order valence-electron chi connectivity index (χ0n) is 23.2. The second kappa shape index (κ2) is 10.8. The van der Waals surface area contributed by atoms with Crippen molar-refractivity contribution in [2.24, 2.45) is 7.05 Å². The maximum absolute atomic E-state index is 13.9. The van der Waals surface area contributed by atoms with Crippen LogP contribution in [0.2, 0.25) is 0 Å². The van der Waals surface area contributed by atoms with Gasteiger partial charge in [-0.3, -0.25) is 14.0 Å². The van der Waals surface area contributed by atoms with Gasteiger partial charge in [-0.2, -0.15) is 13.2 Å². The van der Waals surface area contributed by atoms with Gasteiger partial charge in [0.2, 0.25) is 0 Å². The predicted octanol–water partition coefficient (Wildman–Crippen LogP) is 4.45. The Kier molecular flexibility index (Phi) is 7.08. The summed E-state index contributed by atoms with van der Waals surface area (Å²) in [5, 5.41) is 18.5. The number of fused-ring (bicyclic) bond motifs is 1. The fraction of sp³-hybridized carbons (Fsp3) is 0.233. The van der Waals surface area contributed by atoms with Gasteiger partial charge in [0, 0.05) is 26.3 Å². The molecule has 0 radical (unpaired) electrons. The fourth-order valence-corrected chi connectivity index (χ4v) is 5.60. The van der Waals surface area contributed by atoms with Crippen molar-refractivity contribution in [1.29, 1.82) is 0 Å². The molecule has 1 fully saturated rings. The van der Waals surface area contributed by atoms with Crippen LogP contribution < -0.4 is 5.69 Å². The number of halogens is 3. The number of benzene rings is 2. The highest BCUT2D eigenvalue weighted by atomic mass is 19.4. The van der Waals surface area contributed by atoms with Gasteiger partial charge in [0.25, 0.3) is 0 Å². The standard InChI is InChI=1S/C30H25F3N6O5/c1-36-24(28(42)43)14-34-25(36)16-37-11-10-22(15-37)39-26-23(12-20(13-35-26)30(31,32)33)38(29(39)44)21-8-6-18(7-9-21)17-2-4-19(5-3-17)27(40)41/h2-9,12-14,22H,10-11,15-16H2,1H3,(H,40,41)(H,42,43)/t22-/m0/s1. The highest BCUT2D eigenvalue weighted by Gasteiger charge is 2.34. The molecule has 4 heterocycles. The third-order valence-electron chi connectivity index (χ3n) is 7.91. The Labute approximate surface area is 247 Å². The molecule has 3 aromatic heterocycles. The molecule has 11 nitrogen and oxygen atoms in total. The van der Waals surface area contributed by atoms with Crippen molar-refractivity contribution < 1.29 is 33.0 Å². The van der Waals surface area contributed by atoms with E-state index in [-0.39, 0.29) is 22.4 Å². The molecule has 0 unspecified atom stereocenters. The molecule has 1 atom stereocenters. The van der Waals surface area contributed by atoms with Crippen LogP contribution in [0.15, 0.2) is 71.8 Å². The number of rotatable bonds is 7. The van der Waals surface area contributed by atoms with Gasteiger partial charge in [-0.1, -0.05) is 24.3 Å². The number of hydrogen-bond donors (Lipinski definition) is 2. The molecule has 5 aromatic rings. The monoisotopic (exact) mass is 606 g/mol. The normalized spacial score (nSPS) is 15.7. The van der Waals surface area contributed by atoms with Crippen LogP contribution in [-0.2, 0) is 19.8 Å². The van der Waals surface area contributed by atoms with Crippen LogP contribution >= 0.6 is 0 Å². The number of likely N-dealkylation sites (tertiary alicyclic amines) is 1. The van der Waals surface area contributed by atoms with Gasteiger partial charge in [-0.25, -0.2) is 24.4 Å². The van der Waals surface area contributed by atoms with Crippen LogP contribution in [-0.4, -0.2) is 63.8 Å². The summed E-state index contributed by atoms with van der Waals surface area (Å²) in [6, 6.07) is 13.4. The molecule has 14 heteroatoms. The molecular weight excluding hydrogens is 581 g/mol. The van der Waals surface area contributed by atoms with Gasteiger partial charge in [-0.05, 0) is 47.9 Å². The van der Waals surface area contributed by atoms with Crippen LogP contribution in [0.5, 0.6) is 0 Å². The minimum absolute atomic E-state index is 0.0111. The van der Waals surface area contributed by atoms with E-state index in [1.54, 1.807) is 43.4 Å². The molecule has 6 rings (SSSR count). The van der Waals surface area contributed by atoms with Crippen LogP contribution in [0.25, 0.3) is 28.0 Å². The number of carboxylic acids is 2. The first-order chi connectivity index (χ1) is 20.9. The van der Waals surface area contributed by atoms with Gasteiger partial charge >= 0.3 is 23.8 Å². The zero-order chi connectivity index (χ0) is 31.3. The average molecular weight is 607 g/mol. The third-order valence-corrected chi connectivity index (χ3v) is 7.91. The molecule has 226 valence electrons. The Hall–Kier alpha value is -5.24. The summed E-state index contributed by atoms with van der Waals surface area (Å²) >= 11 is 0. The van der Waals surface area contributed by atoms with Gasteiger partial charge < -0.3 is 14.8 Å². The summed E-state index contributed by atoms with van der Waals surface area (Å²) in [4.78, 5) is 46.8.